The van der Waals surface area contributed by atoms with Crippen molar-refractivity contribution in [2.24, 2.45) is 4.99 Å². The molecule has 0 unspecified atom stereocenters. The summed E-state index contributed by atoms with van der Waals surface area (Å²) >= 11 is 5.94. The number of alkyl halides is 2. The third-order valence-electron chi connectivity index (χ3n) is 3.69. The van der Waals surface area contributed by atoms with Gasteiger partial charge in [-0.05, 0) is 42.0 Å². The molecule has 0 spiro atoms. The minimum absolute atomic E-state index is 0.0110. The van der Waals surface area contributed by atoms with Crippen molar-refractivity contribution in [3.8, 4) is 17.2 Å². The maximum absolute atomic E-state index is 12.6. The van der Waals surface area contributed by atoms with Crippen LogP contribution in [0.5, 0.6) is 17.2 Å². The molecule has 9 heteroatoms. The Hall–Kier alpha value is -3.13. The highest BCUT2D eigenvalue weighted by atomic mass is 35.5. The molecule has 0 radical (unpaired) electrons. The van der Waals surface area contributed by atoms with Gasteiger partial charge in [-0.3, -0.25) is 0 Å². The molecule has 0 amide bonds. The van der Waals surface area contributed by atoms with Crippen molar-refractivity contribution in [1.82, 2.24) is 0 Å². The fourth-order valence-electron chi connectivity index (χ4n) is 2.50. The van der Waals surface area contributed by atoms with E-state index in [1.807, 2.05) is 0 Å². The van der Waals surface area contributed by atoms with Crippen molar-refractivity contribution in [3.05, 3.63) is 58.2 Å². The van der Waals surface area contributed by atoms with Gasteiger partial charge in [-0.15, -0.1) is 0 Å². The predicted molar refractivity (Wildman–Crippen MR) is 98.2 cm³/mol. The average Bonchev–Trinajstić information content (AvgIpc) is 3.02. The standard InChI is InChI=1S/C19H14ClF2NO5/c1-25-14-7-10(8-15(26-2)16(14)27-19(21)22)6-13-18(24)28-17(23-13)11-4-3-5-12(20)9-11/h3-9,19H,1-2H3/b13-6-. The number of cyclic esters (lactones) is 1. The van der Waals surface area contributed by atoms with Gasteiger partial charge in [0.05, 0.1) is 14.2 Å². The molecule has 0 aliphatic carbocycles. The summed E-state index contributed by atoms with van der Waals surface area (Å²) in [6.45, 7) is -3.05. The lowest BCUT2D eigenvalue weighted by Gasteiger charge is -2.14. The maximum atomic E-state index is 12.6. The molecule has 0 N–H and O–H groups in total. The van der Waals surface area contributed by atoms with Crippen LogP contribution < -0.4 is 14.2 Å². The lowest BCUT2D eigenvalue weighted by atomic mass is 10.1. The number of rotatable bonds is 6. The monoisotopic (exact) mass is 409 g/mol. The molecule has 0 fully saturated rings. The Morgan fingerprint density at radius 1 is 1.14 bits per heavy atom. The van der Waals surface area contributed by atoms with E-state index in [2.05, 4.69) is 9.73 Å². The molecule has 2 aromatic rings. The first-order chi connectivity index (χ1) is 13.4. The van der Waals surface area contributed by atoms with Gasteiger partial charge < -0.3 is 18.9 Å². The Bertz CT molecular complexity index is 950. The van der Waals surface area contributed by atoms with Gasteiger partial charge in [0.15, 0.2) is 17.2 Å². The van der Waals surface area contributed by atoms with Gasteiger partial charge in [-0.25, -0.2) is 9.79 Å². The van der Waals surface area contributed by atoms with Gasteiger partial charge in [0.1, 0.15) is 0 Å². The van der Waals surface area contributed by atoms with Crippen molar-refractivity contribution in [1.29, 1.82) is 0 Å². The molecule has 1 aliphatic heterocycles. The Kier molecular flexibility index (Phi) is 5.79. The third-order valence-corrected chi connectivity index (χ3v) is 3.92. The second kappa shape index (κ2) is 8.26. The van der Waals surface area contributed by atoms with Gasteiger partial charge >= 0.3 is 12.6 Å². The normalized spacial score (nSPS) is 14.9. The van der Waals surface area contributed by atoms with E-state index in [4.69, 9.17) is 25.8 Å². The quantitative estimate of drug-likeness (QED) is 0.525. The Morgan fingerprint density at radius 3 is 2.39 bits per heavy atom. The van der Waals surface area contributed by atoms with Crippen LogP contribution in [0.1, 0.15) is 11.1 Å². The van der Waals surface area contributed by atoms with Crippen LogP contribution in [-0.2, 0) is 9.53 Å². The molecule has 2 aromatic carbocycles. The summed E-state index contributed by atoms with van der Waals surface area (Å²) in [5, 5.41) is 0.470. The molecular formula is C19H14ClF2NO5. The molecule has 1 aliphatic rings. The van der Waals surface area contributed by atoms with E-state index in [0.717, 1.165) is 0 Å². The number of hydrogen-bond acceptors (Lipinski definition) is 6. The highest BCUT2D eigenvalue weighted by Crippen LogP contribution is 2.40. The summed E-state index contributed by atoms with van der Waals surface area (Å²) in [4.78, 5) is 16.3. The zero-order valence-corrected chi connectivity index (χ0v) is 15.5. The summed E-state index contributed by atoms with van der Waals surface area (Å²) in [6, 6.07) is 9.51. The zero-order chi connectivity index (χ0) is 20.3. The first-order valence-corrected chi connectivity index (χ1v) is 8.28. The first kappa shape index (κ1) is 19.6. The second-order valence-corrected chi connectivity index (χ2v) is 5.92. The number of hydrogen-bond donors (Lipinski definition) is 0. The van der Waals surface area contributed by atoms with Crippen molar-refractivity contribution >= 4 is 29.5 Å². The van der Waals surface area contributed by atoms with Crippen molar-refractivity contribution in [2.45, 2.75) is 6.61 Å². The van der Waals surface area contributed by atoms with E-state index in [1.54, 1.807) is 24.3 Å². The summed E-state index contributed by atoms with van der Waals surface area (Å²) < 4.78 is 45.1. The smallest absolute Gasteiger partial charge is 0.387 e. The Morgan fingerprint density at radius 2 is 1.82 bits per heavy atom. The number of methoxy groups -OCH3 is 2. The van der Waals surface area contributed by atoms with E-state index in [0.29, 0.717) is 16.1 Å². The van der Waals surface area contributed by atoms with Crippen LogP contribution in [-0.4, -0.2) is 32.7 Å². The lowest BCUT2D eigenvalue weighted by Crippen LogP contribution is -2.06. The lowest BCUT2D eigenvalue weighted by molar-refractivity contribution is -0.129. The highest BCUT2D eigenvalue weighted by Gasteiger charge is 2.25. The largest absolute Gasteiger partial charge is 0.493 e. The van der Waals surface area contributed by atoms with E-state index in [-0.39, 0.29) is 28.8 Å². The summed E-state index contributed by atoms with van der Waals surface area (Å²) in [5.74, 6) is -0.788. The van der Waals surface area contributed by atoms with Crippen molar-refractivity contribution in [2.75, 3.05) is 14.2 Å². The molecule has 3 rings (SSSR count). The first-order valence-electron chi connectivity index (χ1n) is 7.90. The van der Waals surface area contributed by atoms with Crippen LogP contribution >= 0.6 is 11.6 Å². The van der Waals surface area contributed by atoms with E-state index >= 15 is 0 Å². The fraction of sp³-hybridized carbons (Fsp3) is 0.158. The predicted octanol–water partition coefficient (Wildman–Crippen LogP) is 4.30. The number of aliphatic imine (C=N–C) groups is 1. The molecule has 28 heavy (non-hydrogen) atoms. The van der Waals surface area contributed by atoms with Gasteiger partial charge in [0.2, 0.25) is 11.6 Å². The number of ether oxygens (including phenoxy) is 4. The summed E-state index contributed by atoms with van der Waals surface area (Å²) in [7, 11) is 2.59. The Labute approximate surface area is 163 Å². The molecular weight excluding hydrogens is 396 g/mol. The van der Waals surface area contributed by atoms with Crippen LogP contribution in [0.15, 0.2) is 47.1 Å². The van der Waals surface area contributed by atoms with Crippen LogP contribution in [0.4, 0.5) is 8.78 Å². The second-order valence-electron chi connectivity index (χ2n) is 5.48. The minimum Gasteiger partial charge on any atom is -0.493 e. The van der Waals surface area contributed by atoms with Gasteiger partial charge in [-0.1, -0.05) is 17.7 Å². The topological polar surface area (TPSA) is 66.4 Å². The van der Waals surface area contributed by atoms with Crippen LogP contribution in [0.25, 0.3) is 6.08 Å². The summed E-state index contributed by atoms with van der Waals surface area (Å²) in [5.41, 5.74) is 0.972. The number of carbonyl (C=O) groups excluding carboxylic acids is 1. The van der Waals surface area contributed by atoms with Gasteiger partial charge in [0, 0.05) is 10.6 Å². The molecule has 6 nitrogen and oxygen atoms in total. The molecule has 146 valence electrons. The number of esters is 1. The molecule has 0 aromatic heterocycles. The number of benzene rings is 2. The number of halogens is 3. The van der Waals surface area contributed by atoms with Gasteiger partial charge in [0.25, 0.3) is 0 Å². The molecule has 1 heterocycles. The molecule has 0 atom stereocenters. The average molecular weight is 410 g/mol. The molecule has 0 saturated carbocycles. The summed E-state index contributed by atoms with van der Waals surface area (Å²) in [6.07, 6.45) is 1.41. The molecule has 0 bridgehead atoms. The maximum Gasteiger partial charge on any atom is 0.387 e. The van der Waals surface area contributed by atoms with E-state index in [1.165, 1.54) is 32.4 Å². The molecule has 0 saturated heterocycles. The van der Waals surface area contributed by atoms with Crippen LogP contribution in [0, 0.1) is 0 Å². The zero-order valence-electron chi connectivity index (χ0n) is 14.7. The van der Waals surface area contributed by atoms with Crippen LogP contribution in [0.2, 0.25) is 5.02 Å². The van der Waals surface area contributed by atoms with E-state index in [9.17, 15) is 13.6 Å². The van der Waals surface area contributed by atoms with Crippen molar-refractivity contribution in [3.63, 3.8) is 0 Å². The number of carbonyl (C=O) groups is 1. The minimum atomic E-state index is -3.05. The SMILES string of the molecule is COc1cc(/C=C2\N=C(c3cccc(Cl)c3)OC2=O)cc(OC)c1OC(F)F. The van der Waals surface area contributed by atoms with Crippen LogP contribution in [0.3, 0.4) is 0 Å². The van der Waals surface area contributed by atoms with Crippen molar-refractivity contribution < 1.29 is 32.5 Å². The fourth-order valence-corrected chi connectivity index (χ4v) is 2.69. The highest BCUT2D eigenvalue weighted by molar-refractivity contribution is 6.31. The Balaban J connectivity index is 1.99. The number of nitrogens with zero attached hydrogens (tertiary/aromatic N) is 1. The third kappa shape index (κ3) is 4.23. The van der Waals surface area contributed by atoms with E-state index < -0.39 is 12.6 Å². The van der Waals surface area contributed by atoms with Gasteiger partial charge in [-0.2, -0.15) is 8.78 Å².